The standard InChI is InChI=1S/C17H18O4S/c1-10-9-20-12(3)16(10)17(22)21-11(2)13-6-14(18-4)8-15(7-13)19-5/h6-9H,2H2,1,3-5H3. The number of hydrogen-bond acceptors (Lipinski definition) is 5. The number of methoxy groups -OCH3 is 2. The lowest BCUT2D eigenvalue weighted by molar-refractivity contribution is 0.393. The lowest BCUT2D eigenvalue weighted by atomic mass is 10.1. The highest BCUT2D eigenvalue weighted by Crippen LogP contribution is 2.28. The molecule has 0 radical (unpaired) electrons. The molecule has 0 amide bonds. The molecule has 5 heteroatoms. The summed E-state index contributed by atoms with van der Waals surface area (Å²) < 4.78 is 21.5. The molecule has 0 spiro atoms. The molecule has 0 N–H and O–H groups in total. The van der Waals surface area contributed by atoms with E-state index in [1.54, 1.807) is 26.5 Å². The topological polar surface area (TPSA) is 40.8 Å². The van der Waals surface area contributed by atoms with Gasteiger partial charge in [0.1, 0.15) is 23.0 Å². The molecular weight excluding hydrogens is 300 g/mol. The molecule has 1 heterocycles. The Labute approximate surface area is 135 Å². The predicted molar refractivity (Wildman–Crippen MR) is 89.5 cm³/mol. The molecule has 2 rings (SSSR count). The van der Waals surface area contributed by atoms with Crippen molar-refractivity contribution in [3.63, 3.8) is 0 Å². The fourth-order valence-corrected chi connectivity index (χ4v) is 2.47. The van der Waals surface area contributed by atoms with Crippen LogP contribution in [0.5, 0.6) is 11.5 Å². The van der Waals surface area contributed by atoms with Gasteiger partial charge in [-0.15, -0.1) is 0 Å². The van der Waals surface area contributed by atoms with Gasteiger partial charge in [-0.2, -0.15) is 0 Å². The Bertz CT molecular complexity index is 674. The first-order valence-electron chi connectivity index (χ1n) is 6.65. The Hall–Kier alpha value is -2.27. The molecule has 0 fully saturated rings. The first-order chi connectivity index (χ1) is 10.5. The lowest BCUT2D eigenvalue weighted by Gasteiger charge is -2.12. The molecule has 0 saturated heterocycles. The van der Waals surface area contributed by atoms with E-state index in [-0.39, 0.29) is 0 Å². The van der Waals surface area contributed by atoms with Crippen molar-refractivity contribution in [2.75, 3.05) is 14.2 Å². The molecule has 22 heavy (non-hydrogen) atoms. The molecule has 0 aliphatic heterocycles. The zero-order chi connectivity index (χ0) is 16.3. The Kier molecular flexibility index (Phi) is 4.88. The van der Waals surface area contributed by atoms with E-state index in [0.29, 0.717) is 22.3 Å². The van der Waals surface area contributed by atoms with Gasteiger partial charge < -0.3 is 18.6 Å². The average Bonchev–Trinajstić information content (AvgIpc) is 2.85. The maximum Gasteiger partial charge on any atom is 0.201 e. The Balaban J connectivity index is 2.24. The second kappa shape index (κ2) is 6.66. The maximum absolute atomic E-state index is 5.71. The molecule has 116 valence electrons. The summed E-state index contributed by atoms with van der Waals surface area (Å²) in [6.45, 7) is 7.69. The third-order valence-corrected chi connectivity index (χ3v) is 3.54. The van der Waals surface area contributed by atoms with E-state index >= 15 is 0 Å². The summed E-state index contributed by atoms with van der Waals surface area (Å²) >= 11 is 5.34. The van der Waals surface area contributed by atoms with E-state index in [0.717, 1.165) is 22.5 Å². The van der Waals surface area contributed by atoms with Crippen LogP contribution in [0.1, 0.15) is 22.5 Å². The van der Waals surface area contributed by atoms with Crippen molar-refractivity contribution in [2.24, 2.45) is 0 Å². The van der Waals surface area contributed by atoms with Crippen LogP contribution in [0, 0.1) is 13.8 Å². The molecule has 2 aromatic rings. The minimum absolute atomic E-state index is 0.329. The van der Waals surface area contributed by atoms with Gasteiger partial charge in [0, 0.05) is 11.6 Å². The van der Waals surface area contributed by atoms with Gasteiger partial charge in [0.05, 0.1) is 26.0 Å². The summed E-state index contributed by atoms with van der Waals surface area (Å²) in [5.41, 5.74) is 2.45. The predicted octanol–water partition coefficient (Wildman–Crippen LogP) is 4.28. The van der Waals surface area contributed by atoms with E-state index in [2.05, 4.69) is 6.58 Å². The lowest BCUT2D eigenvalue weighted by Crippen LogP contribution is -2.05. The van der Waals surface area contributed by atoms with Crippen LogP contribution < -0.4 is 9.47 Å². The maximum atomic E-state index is 5.71. The zero-order valence-electron chi connectivity index (χ0n) is 13.1. The van der Waals surface area contributed by atoms with Crippen LogP contribution in [-0.4, -0.2) is 19.3 Å². The summed E-state index contributed by atoms with van der Waals surface area (Å²) in [6, 6.07) is 5.39. The van der Waals surface area contributed by atoms with Gasteiger partial charge in [0.2, 0.25) is 5.05 Å². The Morgan fingerprint density at radius 2 is 1.68 bits per heavy atom. The van der Waals surface area contributed by atoms with E-state index in [1.807, 2.05) is 26.0 Å². The van der Waals surface area contributed by atoms with Crippen LogP contribution in [0.15, 0.2) is 35.5 Å². The second-order valence-electron chi connectivity index (χ2n) is 4.76. The van der Waals surface area contributed by atoms with Crippen molar-refractivity contribution in [3.8, 4) is 11.5 Å². The fourth-order valence-electron chi connectivity index (χ4n) is 2.07. The molecular formula is C17H18O4S. The Morgan fingerprint density at radius 1 is 1.09 bits per heavy atom. The zero-order valence-corrected chi connectivity index (χ0v) is 13.9. The Morgan fingerprint density at radius 3 is 2.14 bits per heavy atom. The summed E-state index contributed by atoms with van der Waals surface area (Å²) in [5.74, 6) is 2.45. The molecule has 0 atom stereocenters. The van der Waals surface area contributed by atoms with Crippen molar-refractivity contribution < 1.29 is 18.6 Å². The van der Waals surface area contributed by atoms with Gasteiger partial charge in [-0.25, -0.2) is 0 Å². The minimum Gasteiger partial charge on any atom is -0.497 e. The van der Waals surface area contributed by atoms with Gasteiger partial charge in [0.15, 0.2) is 0 Å². The number of hydrogen-bond donors (Lipinski definition) is 0. The monoisotopic (exact) mass is 318 g/mol. The molecule has 0 aliphatic rings. The van der Waals surface area contributed by atoms with Crippen LogP contribution in [0.3, 0.4) is 0 Å². The van der Waals surface area contributed by atoms with Gasteiger partial charge in [-0.05, 0) is 43.8 Å². The second-order valence-corrected chi connectivity index (χ2v) is 5.13. The SMILES string of the molecule is C=C(OC(=S)c1c(C)coc1C)c1cc(OC)cc(OC)c1. The third kappa shape index (κ3) is 3.31. The van der Waals surface area contributed by atoms with Crippen LogP contribution in [0.25, 0.3) is 5.76 Å². The highest BCUT2D eigenvalue weighted by Gasteiger charge is 2.16. The van der Waals surface area contributed by atoms with E-state index in [4.69, 9.17) is 30.8 Å². The molecule has 1 aromatic carbocycles. The normalized spacial score (nSPS) is 10.2. The summed E-state index contributed by atoms with van der Waals surface area (Å²) in [6.07, 6.45) is 1.65. The van der Waals surface area contributed by atoms with Gasteiger partial charge in [-0.3, -0.25) is 0 Å². The number of furan rings is 1. The molecule has 1 aromatic heterocycles. The number of ether oxygens (including phenoxy) is 3. The van der Waals surface area contributed by atoms with Crippen LogP contribution in [0.2, 0.25) is 0 Å². The highest BCUT2D eigenvalue weighted by atomic mass is 32.1. The van der Waals surface area contributed by atoms with E-state index in [9.17, 15) is 0 Å². The third-order valence-electron chi connectivity index (χ3n) is 3.25. The summed E-state index contributed by atoms with van der Waals surface area (Å²) in [7, 11) is 3.18. The van der Waals surface area contributed by atoms with Gasteiger partial charge >= 0.3 is 0 Å². The quantitative estimate of drug-likeness (QED) is 0.608. The van der Waals surface area contributed by atoms with Gasteiger partial charge in [0.25, 0.3) is 0 Å². The fraction of sp³-hybridized carbons (Fsp3) is 0.235. The van der Waals surface area contributed by atoms with Crippen LogP contribution in [-0.2, 0) is 4.74 Å². The van der Waals surface area contributed by atoms with Crippen molar-refractivity contribution in [1.29, 1.82) is 0 Å². The minimum atomic E-state index is 0.329. The molecule has 4 nitrogen and oxygen atoms in total. The number of rotatable bonds is 5. The van der Waals surface area contributed by atoms with Crippen molar-refractivity contribution in [3.05, 3.63) is 53.5 Å². The average molecular weight is 318 g/mol. The van der Waals surface area contributed by atoms with E-state index in [1.165, 1.54) is 0 Å². The highest BCUT2D eigenvalue weighted by molar-refractivity contribution is 7.80. The number of thiocarbonyl (C=S) groups is 1. The summed E-state index contributed by atoms with van der Waals surface area (Å²) in [5, 5.41) is 0.329. The van der Waals surface area contributed by atoms with Crippen LogP contribution in [0.4, 0.5) is 0 Å². The van der Waals surface area contributed by atoms with E-state index < -0.39 is 0 Å². The number of aryl methyl sites for hydroxylation is 2. The first kappa shape index (κ1) is 16.1. The molecule has 0 saturated carbocycles. The molecule has 0 aliphatic carbocycles. The molecule has 0 unspecified atom stereocenters. The number of benzene rings is 1. The smallest absolute Gasteiger partial charge is 0.201 e. The molecule has 0 bridgehead atoms. The van der Waals surface area contributed by atoms with Gasteiger partial charge in [-0.1, -0.05) is 6.58 Å². The first-order valence-corrected chi connectivity index (χ1v) is 7.06. The van der Waals surface area contributed by atoms with Crippen LogP contribution >= 0.6 is 12.2 Å². The van der Waals surface area contributed by atoms with Crippen molar-refractivity contribution in [1.82, 2.24) is 0 Å². The van der Waals surface area contributed by atoms with Crippen molar-refractivity contribution >= 4 is 23.0 Å². The van der Waals surface area contributed by atoms with Crippen molar-refractivity contribution in [2.45, 2.75) is 13.8 Å². The summed E-state index contributed by atoms with van der Waals surface area (Å²) in [4.78, 5) is 0. The largest absolute Gasteiger partial charge is 0.497 e.